The number of carbonyl (C=O) groups excluding carboxylic acids is 1. The summed E-state index contributed by atoms with van der Waals surface area (Å²) >= 11 is 0. The van der Waals surface area contributed by atoms with Crippen LogP contribution in [-0.2, 0) is 11.2 Å². The van der Waals surface area contributed by atoms with Crippen LogP contribution in [0.3, 0.4) is 0 Å². The third-order valence-electron chi connectivity index (χ3n) is 3.20. The Morgan fingerprint density at radius 2 is 1.60 bits per heavy atom. The normalized spacial score (nSPS) is 11.8. The van der Waals surface area contributed by atoms with Crippen LogP contribution >= 0.6 is 0 Å². The quantitative estimate of drug-likeness (QED) is 0.846. The van der Waals surface area contributed by atoms with E-state index in [0.29, 0.717) is 12.8 Å². The topological polar surface area (TPSA) is 49.3 Å². The van der Waals surface area contributed by atoms with E-state index in [1.165, 1.54) is 0 Å². The highest BCUT2D eigenvalue weighted by atomic mass is 16.3. The number of hydrogen-bond donors (Lipinski definition) is 2. The summed E-state index contributed by atoms with van der Waals surface area (Å²) in [4.78, 5) is 11.9. The molecule has 0 aliphatic carbocycles. The molecule has 2 rings (SSSR count). The molecule has 2 N–H and O–H groups in total. The molecule has 0 fully saturated rings. The van der Waals surface area contributed by atoms with Gasteiger partial charge in [-0.3, -0.25) is 4.79 Å². The van der Waals surface area contributed by atoms with Crippen LogP contribution in [0.5, 0.6) is 0 Å². The van der Waals surface area contributed by atoms with Gasteiger partial charge in [-0.05, 0) is 17.5 Å². The van der Waals surface area contributed by atoms with E-state index in [9.17, 15) is 9.90 Å². The Bertz CT molecular complexity index is 525. The number of aliphatic hydroxyl groups excluding tert-OH is 1. The molecule has 1 atom stereocenters. The van der Waals surface area contributed by atoms with E-state index in [4.69, 9.17) is 0 Å². The van der Waals surface area contributed by atoms with Crippen LogP contribution in [0.2, 0.25) is 0 Å². The molecule has 104 valence electrons. The zero-order valence-corrected chi connectivity index (χ0v) is 11.3. The van der Waals surface area contributed by atoms with Crippen LogP contribution in [0.15, 0.2) is 60.7 Å². The zero-order valence-electron chi connectivity index (χ0n) is 11.3. The fourth-order valence-corrected chi connectivity index (χ4v) is 2.09. The van der Waals surface area contributed by atoms with Crippen LogP contribution in [0.4, 0.5) is 0 Å². The summed E-state index contributed by atoms with van der Waals surface area (Å²) in [6, 6.07) is 19.1. The number of nitrogens with one attached hydrogen (secondary N) is 1. The maximum absolute atomic E-state index is 11.9. The SMILES string of the molecule is O=C(CCc1ccccc1)N[C@H](CO)c1ccccc1. The van der Waals surface area contributed by atoms with Gasteiger partial charge in [0.25, 0.3) is 0 Å². The molecule has 0 heterocycles. The van der Waals surface area contributed by atoms with E-state index in [2.05, 4.69) is 5.32 Å². The summed E-state index contributed by atoms with van der Waals surface area (Å²) in [6.45, 7) is -0.0961. The lowest BCUT2D eigenvalue weighted by molar-refractivity contribution is -0.122. The average molecular weight is 269 g/mol. The van der Waals surface area contributed by atoms with Gasteiger partial charge in [-0.25, -0.2) is 0 Å². The molecule has 0 bridgehead atoms. The predicted molar refractivity (Wildman–Crippen MR) is 79.2 cm³/mol. The highest BCUT2D eigenvalue weighted by Crippen LogP contribution is 2.12. The summed E-state index contributed by atoms with van der Waals surface area (Å²) in [5.74, 6) is -0.0447. The zero-order chi connectivity index (χ0) is 14.2. The number of aryl methyl sites for hydroxylation is 1. The Morgan fingerprint density at radius 3 is 2.20 bits per heavy atom. The Labute approximate surface area is 119 Å². The van der Waals surface area contributed by atoms with Crippen LogP contribution in [0.1, 0.15) is 23.6 Å². The Morgan fingerprint density at radius 1 is 1.00 bits per heavy atom. The van der Waals surface area contributed by atoms with Crippen molar-refractivity contribution in [2.45, 2.75) is 18.9 Å². The minimum atomic E-state index is -0.334. The third kappa shape index (κ3) is 4.21. The van der Waals surface area contributed by atoms with Gasteiger partial charge in [-0.15, -0.1) is 0 Å². The minimum absolute atomic E-state index is 0.0447. The smallest absolute Gasteiger partial charge is 0.220 e. The Hall–Kier alpha value is -2.13. The molecule has 0 aromatic heterocycles. The molecular weight excluding hydrogens is 250 g/mol. The number of benzene rings is 2. The number of hydrogen-bond acceptors (Lipinski definition) is 2. The summed E-state index contributed by atoms with van der Waals surface area (Å²) < 4.78 is 0. The first kappa shape index (κ1) is 14.3. The molecule has 3 heteroatoms. The summed E-state index contributed by atoms with van der Waals surface area (Å²) in [5, 5.41) is 12.3. The lowest BCUT2D eigenvalue weighted by Crippen LogP contribution is -2.30. The van der Waals surface area contributed by atoms with E-state index in [0.717, 1.165) is 11.1 Å². The molecule has 0 saturated heterocycles. The van der Waals surface area contributed by atoms with Gasteiger partial charge in [-0.1, -0.05) is 60.7 Å². The Balaban J connectivity index is 1.87. The first-order valence-electron chi connectivity index (χ1n) is 6.78. The van der Waals surface area contributed by atoms with Gasteiger partial charge in [0.15, 0.2) is 0 Å². The predicted octanol–water partition coefficient (Wildman–Crippen LogP) is 2.47. The number of carbonyl (C=O) groups is 1. The van der Waals surface area contributed by atoms with E-state index < -0.39 is 0 Å². The molecule has 0 aliphatic heterocycles. The first-order chi connectivity index (χ1) is 9.79. The standard InChI is InChI=1S/C17H19NO2/c19-13-16(15-9-5-2-6-10-15)18-17(20)12-11-14-7-3-1-4-8-14/h1-10,16,19H,11-13H2,(H,18,20)/t16-/m1/s1. The monoisotopic (exact) mass is 269 g/mol. The van der Waals surface area contributed by atoms with E-state index in [-0.39, 0.29) is 18.6 Å². The maximum Gasteiger partial charge on any atom is 0.220 e. The molecule has 0 saturated carbocycles. The molecule has 20 heavy (non-hydrogen) atoms. The minimum Gasteiger partial charge on any atom is -0.394 e. The summed E-state index contributed by atoms with van der Waals surface area (Å²) in [6.07, 6.45) is 1.13. The van der Waals surface area contributed by atoms with Crippen molar-refractivity contribution < 1.29 is 9.90 Å². The molecule has 2 aromatic rings. The van der Waals surface area contributed by atoms with Gasteiger partial charge in [0.1, 0.15) is 0 Å². The highest BCUT2D eigenvalue weighted by Gasteiger charge is 2.12. The van der Waals surface area contributed by atoms with Crippen molar-refractivity contribution >= 4 is 5.91 Å². The second kappa shape index (κ2) is 7.46. The second-order valence-electron chi connectivity index (χ2n) is 4.70. The van der Waals surface area contributed by atoms with Crippen molar-refractivity contribution in [3.63, 3.8) is 0 Å². The second-order valence-corrected chi connectivity index (χ2v) is 4.70. The first-order valence-corrected chi connectivity index (χ1v) is 6.78. The van der Waals surface area contributed by atoms with Crippen LogP contribution in [0.25, 0.3) is 0 Å². The van der Waals surface area contributed by atoms with Gasteiger partial charge >= 0.3 is 0 Å². The molecule has 0 radical (unpaired) electrons. The summed E-state index contributed by atoms with van der Waals surface area (Å²) in [7, 11) is 0. The number of amides is 1. The van der Waals surface area contributed by atoms with Gasteiger partial charge in [0.2, 0.25) is 5.91 Å². The third-order valence-corrected chi connectivity index (χ3v) is 3.20. The lowest BCUT2D eigenvalue weighted by Gasteiger charge is -2.16. The molecular formula is C17H19NO2. The molecule has 2 aromatic carbocycles. The van der Waals surface area contributed by atoms with Crippen molar-refractivity contribution in [1.82, 2.24) is 5.32 Å². The van der Waals surface area contributed by atoms with E-state index in [1.54, 1.807) is 0 Å². The summed E-state index contributed by atoms with van der Waals surface area (Å²) in [5.41, 5.74) is 2.06. The van der Waals surface area contributed by atoms with E-state index in [1.807, 2.05) is 60.7 Å². The van der Waals surface area contributed by atoms with Crippen molar-refractivity contribution in [2.24, 2.45) is 0 Å². The van der Waals surface area contributed by atoms with Gasteiger partial charge in [0, 0.05) is 6.42 Å². The van der Waals surface area contributed by atoms with E-state index >= 15 is 0 Å². The molecule has 0 spiro atoms. The number of aliphatic hydroxyl groups is 1. The van der Waals surface area contributed by atoms with Crippen molar-refractivity contribution in [3.8, 4) is 0 Å². The van der Waals surface area contributed by atoms with Crippen LogP contribution in [-0.4, -0.2) is 17.6 Å². The van der Waals surface area contributed by atoms with Gasteiger partial charge in [-0.2, -0.15) is 0 Å². The van der Waals surface area contributed by atoms with Gasteiger partial charge in [0.05, 0.1) is 12.6 Å². The molecule has 1 amide bonds. The van der Waals surface area contributed by atoms with Gasteiger partial charge < -0.3 is 10.4 Å². The van der Waals surface area contributed by atoms with Crippen LogP contribution in [0, 0.1) is 0 Å². The van der Waals surface area contributed by atoms with Crippen molar-refractivity contribution in [3.05, 3.63) is 71.8 Å². The van der Waals surface area contributed by atoms with Crippen molar-refractivity contribution in [2.75, 3.05) is 6.61 Å². The fourth-order valence-electron chi connectivity index (χ4n) is 2.09. The fraction of sp³-hybridized carbons (Fsp3) is 0.235. The highest BCUT2D eigenvalue weighted by molar-refractivity contribution is 5.76. The number of rotatable bonds is 6. The van der Waals surface area contributed by atoms with Crippen LogP contribution < -0.4 is 5.32 Å². The average Bonchev–Trinajstić information content (AvgIpc) is 2.52. The molecule has 3 nitrogen and oxygen atoms in total. The maximum atomic E-state index is 11.9. The Kier molecular flexibility index (Phi) is 5.33. The largest absolute Gasteiger partial charge is 0.394 e. The molecule has 0 aliphatic rings. The lowest BCUT2D eigenvalue weighted by atomic mass is 10.1. The molecule has 0 unspecified atom stereocenters. The van der Waals surface area contributed by atoms with Crippen molar-refractivity contribution in [1.29, 1.82) is 0 Å².